The third kappa shape index (κ3) is 5.43. The summed E-state index contributed by atoms with van der Waals surface area (Å²) in [4.78, 5) is 18.7. The summed E-state index contributed by atoms with van der Waals surface area (Å²) in [5.41, 5.74) is -2.36. The van der Waals surface area contributed by atoms with E-state index in [4.69, 9.17) is 18.9 Å². The highest BCUT2D eigenvalue weighted by Crippen LogP contribution is 2.45. The lowest BCUT2D eigenvalue weighted by Crippen LogP contribution is -2.56. The highest BCUT2D eigenvalue weighted by molar-refractivity contribution is 5.82. The molecule has 38 heavy (non-hydrogen) atoms. The summed E-state index contributed by atoms with van der Waals surface area (Å²) in [6.45, 7) is 8.05. The second-order valence-electron chi connectivity index (χ2n) is 11.7. The number of hydrogen-bond acceptors (Lipinski definition) is 7. The predicted molar refractivity (Wildman–Crippen MR) is 130 cm³/mol. The van der Waals surface area contributed by atoms with Crippen molar-refractivity contribution < 1.29 is 42.0 Å². The first kappa shape index (κ1) is 27.0. The van der Waals surface area contributed by atoms with Crippen LogP contribution in [0.25, 0.3) is 11.0 Å². The number of nitrogens with zero attached hydrogens (tertiary/aromatic N) is 3. The van der Waals surface area contributed by atoms with Crippen molar-refractivity contribution in [3.05, 3.63) is 24.0 Å². The van der Waals surface area contributed by atoms with Crippen molar-refractivity contribution in [3.8, 4) is 5.75 Å². The van der Waals surface area contributed by atoms with Gasteiger partial charge in [-0.15, -0.1) is 0 Å². The Morgan fingerprint density at radius 3 is 2.47 bits per heavy atom. The molecule has 1 spiro atoms. The van der Waals surface area contributed by atoms with Crippen LogP contribution in [0.5, 0.6) is 5.75 Å². The predicted octanol–water partition coefficient (Wildman–Crippen LogP) is 4.66. The number of carbonyl (C=O) groups excluding carboxylic acids is 1. The van der Waals surface area contributed by atoms with Gasteiger partial charge in [0.1, 0.15) is 18.0 Å². The van der Waals surface area contributed by atoms with E-state index in [1.54, 1.807) is 27.7 Å². The van der Waals surface area contributed by atoms with E-state index >= 15 is 0 Å². The minimum atomic E-state index is -4.65. The lowest BCUT2D eigenvalue weighted by Gasteiger charge is -2.43. The zero-order chi connectivity index (χ0) is 27.5. The number of likely N-dealkylation sites (tertiary alicyclic amines) is 1. The Morgan fingerprint density at radius 1 is 1.18 bits per heavy atom. The molecule has 0 unspecified atom stereocenters. The maximum absolute atomic E-state index is 14.2. The van der Waals surface area contributed by atoms with E-state index in [0.717, 1.165) is 6.07 Å². The first-order chi connectivity index (χ1) is 17.6. The summed E-state index contributed by atoms with van der Waals surface area (Å²) in [5.74, 6) is -0.858. The largest absolute Gasteiger partial charge is 0.491 e. The van der Waals surface area contributed by atoms with Gasteiger partial charge in [0, 0.05) is 31.5 Å². The fraction of sp³-hybridized carbons (Fsp3) is 0.692. The summed E-state index contributed by atoms with van der Waals surface area (Å²) in [7, 11) is 0. The first-order valence-corrected chi connectivity index (χ1v) is 12.9. The van der Waals surface area contributed by atoms with Crippen LogP contribution in [0.4, 0.5) is 18.0 Å². The molecule has 1 atom stereocenters. The fourth-order valence-corrected chi connectivity index (χ4v) is 5.58. The van der Waals surface area contributed by atoms with Gasteiger partial charge < -0.3 is 33.5 Å². The quantitative estimate of drug-likeness (QED) is 0.602. The second-order valence-corrected chi connectivity index (χ2v) is 11.7. The number of hydrogen-bond donors (Lipinski definition) is 1. The number of ether oxygens (including phenoxy) is 4. The molecule has 3 fully saturated rings. The number of carbonyl (C=O) groups is 1. The van der Waals surface area contributed by atoms with Crippen molar-refractivity contribution in [3.63, 3.8) is 0 Å². The normalized spacial score (nSPS) is 27.5. The van der Waals surface area contributed by atoms with Crippen LogP contribution in [0.15, 0.2) is 18.5 Å². The van der Waals surface area contributed by atoms with E-state index in [2.05, 4.69) is 4.98 Å². The van der Waals surface area contributed by atoms with Crippen molar-refractivity contribution >= 4 is 17.1 Å². The molecule has 0 radical (unpaired) electrons. The molecule has 2 aromatic rings. The number of aliphatic hydroxyl groups is 1. The van der Waals surface area contributed by atoms with Crippen molar-refractivity contribution in [2.75, 3.05) is 26.4 Å². The molecule has 1 aliphatic carbocycles. The van der Waals surface area contributed by atoms with Crippen LogP contribution in [-0.2, 0) is 20.4 Å². The van der Waals surface area contributed by atoms with Gasteiger partial charge in [-0.2, -0.15) is 13.2 Å². The Kier molecular flexibility index (Phi) is 6.59. The third-order valence-electron chi connectivity index (χ3n) is 7.30. The van der Waals surface area contributed by atoms with Gasteiger partial charge in [0.05, 0.1) is 47.8 Å². The van der Waals surface area contributed by atoms with Crippen LogP contribution < -0.4 is 4.74 Å². The van der Waals surface area contributed by atoms with Crippen molar-refractivity contribution in [2.24, 2.45) is 0 Å². The number of alkyl halides is 3. The van der Waals surface area contributed by atoms with E-state index in [0.29, 0.717) is 45.4 Å². The molecule has 1 aromatic heterocycles. The van der Waals surface area contributed by atoms with Crippen LogP contribution in [-0.4, -0.2) is 75.0 Å². The molecule has 3 aliphatic rings. The minimum Gasteiger partial charge on any atom is -0.491 e. The molecule has 9 nitrogen and oxygen atoms in total. The Hall–Kier alpha value is -2.57. The molecule has 2 saturated heterocycles. The fourth-order valence-electron chi connectivity index (χ4n) is 5.58. The number of imidazole rings is 1. The molecule has 12 heteroatoms. The monoisotopic (exact) mass is 541 g/mol. The summed E-state index contributed by atoms with van der Waals surface area (Å²) in [6.07, 6.45) is -2.34. The second kappa shape index (κ2) is 9.27. The highest BCUT2D eigenvalue weighted by atomic mass is 19.4. The summed E-state index contributed by atoms with van der Waals surface area (Å²) >= 11 is 0. The topological polar surface area (TPSA) is 95.3 Å². The highest BCUT2D eigenvalue weighted by Gasteiger charge is 2.47. The average molecular weight is 542 g/mol. The van der Waals surface area contributed by atoms with Crippen LogP contribution in [0.3, 0.4) is 0 Å². The Morgan fingerprint density at radius 2 is 1.87 bits per heavy atom. The Balaban J connectivity index is 1.40. The number of benzene rings is 1. The van der Waals surface area contributed by atoms with Gasteiger partial charge in [-0.1, -0.05) is 0 Å². The first-order valence-electron chi connectivity index (χ1n) is 12.9. The number of aromatic nitrogens is 2. The molecule has 1 saturated carbocycles. The number of rotatable bonds is 4. The van der Waals surface area contributed by atoms with E-state index in [1.807, 2.05) is 0 Å². The van der Waals surface area contributed by atoms with Gasteiger partial charge in [0.15, 0.2) is 5.79 Å². The van der Waals surface area contributed by atoms with Crippen molar-refractivity contribution in [1.82, 2.24) is 14.5 Å². The molecule has 1 amide bonds. The van der Waals surface area contributed by atoms with E-state index in [1.165, 1.54) is 21.9 Å². The van der Waals surface area contributed by atoms with Crippen LogP contribution in [0.1, 0.15) is 65.0 Å². The molecular weight excluding hydrogens is 507 g/mol. The maximum Gasteiger partial charge on any atom is 0.418 e. The molecular formula is C26H34F3N3O6. The SMILES string of the molecule is CC1(O)CC(n2cnc3cc(OC[C@@H]4CC5(CCN4C(=O)OC(C)(C)C)OCCO5)cc(C(F)(F)F)c32)C1. The smallest absolute Gasteiger partial charge is 0.418 e. The van der Waals surface area contributed by atoms with Crippen LogP contribution >= 0.6 is 0 Å². The Bertz CT molecular complexity index is 1190. The van der Waals surface area contributed by atoms with Gasteiger partial charge in [0.2, 0.25) is 0 Å². The van der Waals surface area contributed by atoms with Crippen LogP contribution in [0, 0.1) is 0 Å². The number of piperidine rings is 1. The van der Waals surface area contributed by atoms with E-state index in [9.17, 15) is 23.1 Å². The molecule has 210 valence electrons. The van der Waals surface area contributed by atoms with Gasteiger partial charge in [-0.3, -0.25) is 0 Å². The zero-order valence-electron chi connectivity index (χ0n) is 22.0. The average Bonchev–Trinajstić information content (AvgIpc) is 3.40. The van der Waals surface area contributed by atoms with Gasteiger partial charge in [0.25, 0.3) is 0 Å². The van der Waals surface area contributed by atoms with Crippen LogP contribution in [0.2, 0.25) is 0 Å². The minimum absolute atomic E-state index is 0.00676. The van der Waals surface area contributed by atoms with E-state index < -0.39 is 40.9 Å². The number of amides is 1. The molecule has 1 aromatic carbocycles. The third-order valence-corrected chi connectivity index (χ3v) is 7.30. The van der Waals surface area contributed by atoms with Crippen molar-refractivity contribution in [1.29, 1.82) is 0 Å². The molecule has 2 aliphatic heterocycles. The summed E-state index contributed by atoms with van der Waals surface area (Å²) in [5, 5.41) is 10.1. The lowest BCUT2D eigenvalue weighted by atomic mass is 9.77. The maximum atomic E-state index is 14.2. The number of fused-ring (bicyclic) bond motifs is 1. The lowest BCUT2D eigenvalue weighted by molar-refractivity contribution is -0.196. The summed E-state index contributed by atoms with van der Waals surface area (Å²) in [6, 6.07) is 1.62. The molecule has 1 N–H and O–H groups in total. The van der Waals surface area contributed by atoms with Crippen molar-refractivity contribution in [2.45, 2.75) is 88.6 Å². The van der Waals surface area contributed by atoms with Gasteiger partial charge in [-0.05, 0) is 46.6 Å². The Labute approximate surface area is 218 Å². The summed E-state index contributed by atoms with van der Waals surface area (Å²) < 4.78 is 67.1. The number of halogens is 3. The molecule has 5 rings (SSSR count). The van der Waals surface area contributed by atoms with Gasteiger partial charge >= 0.3 is 12.3 Å². The molecule has 0 bridgehead atoms. The van der Waals surface area contributed by atoms with E-state index in [-0.39, 0.29) is 29.4 Å². The van der Waals surface area contributed by atoms with Gasteiger partial charge in [-0.25, -0.2) is 9.78 Å². The standard InChI is InChI=1S/C26H34F3N3O6/c1-23(2,3)38-22(33)31-6-5-25(36-7-8-37-25)13-17(31)14-35-18-9-19(26(27,28)29)21-20(10-18)30-15-32(21)16-11-24(4,34)12-16/h9-10,15-17,34H,5-8,11-14H2,1-4H3/t16?,17-,24?/m0/s1. The zero-order valence-corrected chi connectivity index (χ0v) is 22.0. The molecule has 3 heterocycles.